The third-order valence-corrected chi connectivity index (χ3v) is 3.32. The molecule has 0 aliphatic carbocycles. The lowest BCUT2D eigenvalue weighted by molar-refractivity contribution is 0.315. The smallest absolute Gasteiger partial charge is 0.208 e. The molecule has 0 saturated heterocycles. The summed E-state index contributed by atoms with van der Waals surface area (Å²) in [6.07, 6.45) is 0.402. The van der Waals surface area contributed by atoms with Gasteiger partial charge < -0.3 is 20.7 Å². The molecule has 6 nitrogen and oxygen atoms in total. The van der Waals surface area contributed by atoms with Gasteiger partial charge in [0.05, 0.1) is 12.2 Å². The number of oxazole rings is 1. The second-order valence-corrected chi connectivity index (χ2v) is 4.89. The molecule has 1 aromatic heterocycles. The van der Waals surface area contributed by atoms with Crippen LogP contribution in [0, 0.1) is 13.8 Å². The van der Waals surface area contributed by atoms with Crippen molar-refractivity contribution in [2.75, 3.05) is 0 Å². The van der Waals surface area contributed by atoms with Crippen molar-refractivity contribution in [2.45, 2.75) is 32.9 Å². The molecule has 0 saturated carbocycles. The van der Waals surface area contributed by atoms with Crippen molar-refractivity contribution in [2.24, 2.45) is 10.9 Å². The molecular weight excluding hydrogens is 268 g/mol. The van der Waals surface area contributed by atoms with Gasteiger partial charge in [-0.3, -0.25) is 0 Å². The van der Waals surface area contributed by atoms with Crippen molar-refractivity contribution in [3.63, 3.8) is 0 Å². The summed E-state index contributed by atoms with van der Waals surface area (Å²) in [7, 11) is 0. The largest absolute Gasteiger partial charge is 0.444 e. The second kappa shape index (κ2) is 6.90. The first kappa shape index (κ1) is 15.1. The Morgan fingerprint density at radius 3 is 2.67 bits per heavy atom. The van der Waals surface area contributed by atoms with E-state index in [9.17, 15) is 0 Å². The number of aryl methyl sites for hydroxylation is 2. The van der Waals surface area contributed by atoms with Crippen molar-refractivity contribution < 1.29 is 9.62 Å². The Hall–Kier alpha value is -2.34. The Kier molecular flexibility index (Phi) is 4.94. The van der Waals surface area contributed by atoms with Crippen LogP contribution in [0.15, 0.2) is 39.9 Å². The van der Waals surface area contributed by atoms with Crippen molar-refractivity contribution in [1.82, 2.24) is 10.3 Å². The first-order valence-electron chi connectivity index (χ1n) is 6.77. The van der Waals surface area contributed by atoms with Crippen LogP contribution >= 0.6 is 0 Å². The predicted molar refractivity (Wildman–Crippen MR) is 80.0 cm³/mol. The van der Waals surface area contributed by atoms with Gasteiger partial charge in [0.1, 0.15) is 11.6 Å². The molecule has 1 atom stereocenters. The number of rotatable bonds is 6. The molecule has 1 unspecified atom stereocenters. The lowest BCUT2D eigenvalue weighted by atomic mass is 10.0. The maximum atomic E-state index is 8.76. The Bertz CT molecular complexity index is 588. The molecule has 0 amide bonds. The van der Waals surface area contributed by atoms with Crippen molar-refractivity contribution >= 4 is 5.84 Å². The first-order chi connectivity index (χ1) is 10.1. The fourth-order valence-electron chi connectivity index (χ4n) is 2.07. The molecule has 0 aliphatic heterocycles. The monoisotopic (exact) mass is 288 g/mol. The van der Waals surface area contributed by atoms with Crippen LogP contribution in [-0.4, -0.2) is 16.0 Å². The lowest BCUT2D eigenvalue weighted by Gasteiger charge is -2.17. The number of hydrogen-bond donors (Lipinski definition) is 3. The minimum Gasteiger partial charge on any atom is -0.444 e. The van der Waals surface area contributed by atoms with E-state index in [-0.39, 0.29) is 11.9 Å². The fourth-order valence-corrected chi connectivity index (χ4v) is 2.07. The lowest BCUT2D eigenvalue weighted by Crippen LogP contribution is -2.26. The summed E-state index contributed by atoms with van der Waals surface area (Å²) in [6, 6.07) is 9.77. The molecular formula is C15H20N4O2. The molecule has 2 rings (SSSR count). The van der Waals surface area contributed by atoms with E-state index in [0.717, 1.165) is 17.0 Å². The van der Waals surface area contributed by atoms with Crippen LogP contribution in [0.25, 0.3) is 0 Å². The van der Waals surface area contributed by atoms with E-state index in [2.05, 4.69) is 15.5 Å². The highest BCUT2D eigenvalue weighted by Crippen LogP contribution is 2.18. The molecule has 0 aliphatic rings. The van der Waals surface area contributed by atoms with Crippen molar-refractivity contribution in [1.29, 1.82) is 0 Å². The average molecular weight is 288 g/mol. The number of hydrogen-bond acceptors (Lipinski definition) is 5. The third kappa shape index (κ3) is 4.06. The zero-order valence-electron chi connectivity index (χ0n) is 12.2. The minimum absolute atomic E-state index is 0.0744. The van der Waals surface area contributed by atoms with E-state index >= 15 is 0 Å². The SMILES string of the molecule is Cc1nc(CNC(C/C(N)=N/O)c2ccccc2)oc1C. The summed E-state index contributed by atoms with van der Waals surface area (Å²) >= 11 is 0. The molecule has 21 heavy (non-hydrogen) atoms. The molecule has 6 heteroatoms. The van der Waals surface area contributed by atoms with E-state index in [4.69, 9.17) is 15.4 Å². The van der Waals surface area contributed by atoms with Crippen LogP contribution in [0.3, 0.4) is 0 Å². The number of benzene rings is 1. The molecule has 0 spiro atoms. The predicted octanol–water partition coefficient (Wildman–Crippen LogP) is 2.26. The van der Waals surface area contributed by atoms with Crippen LogP contribution in [0.5, 0.6) is 0 Å². The van der Waals surface area contributed by atoms with Gasteiger partial charge in [0.25, 0.3) is 0 Å². The average Bonchev–Trinajstić information content (AvgIpc) is 2.82. The quantitative estimate of drug-likeness (QED) is 0.328. The van der Waals surface area contributed by atoms with Gasteiger partial charge in [-0.05, 0) is 19.4 Å². The zero-order chi connectivity index (χ0) is 15.2. The van der Waals surface area contributed by atoms with E-state index < -0.39 is 0 Å². The van der Waals surface area contributed by atoms with Crippen LogP contribution in [0.1, 0.15) is 35.4 Å². The van der Waals surface area contributed by atoms with Gasteiger partial charge in [0.2, 0.25) is 5.89 Å². The van der Waals surface area contributed by atoms with E-state index in [1.807, 2.05) is 44.2 Å². The maximum absolute atomic E-state index is 8.76. The highest BCUT2D eigenvalue weighted by Gasteiger charge is 2.15. The molecule has 1 heterocycles. The number of aromatic nitrogens is 1. The third-order valence-electron chi connectivity index (χ3n) is 3.32. The summed E-state index contributed by atoms with van der Waals surface area (Å²) in [5, 5.41) is 15.1. The summed E-state index contributed by atoms with van der Waals surface area (Å²) in [6.45, 7) is 4.28. The number of amidine groups is 1. The first-order valence-corrected chi connectivity index (χ1v) is 6.77. The fraction of sp³-hybridized carbons (Fsp3) is 0.333. The van der Waals surface area contributed by atoms with Gasteiger partial charge in [-0.15, -0.1) is 0 Å². The number of nitrogens with two attached hydrogens (primary N) is 1. The summed E-state index contributed by atoms with van der Waals surface area (Å²) in [4.78, 5) is 4.34. The van der Waals surface area contributed by atoms with E-state index in [1.165, 1.54) is 0 Å². The molecule has 112 valence electrons. The Morgan fingerprint density at radius 1 is 1.38 bits per heavy atom. The van der Waals surface area contributed by atoms with Gasteiger partial charge in [0, 0.05) is 12.5 Å². The van der Waals surface area contributed by atoms with Gasteiger partial charge in [-0.25, -0.2) is 4.98 Å². The number of oxime groups is 1. The van der Waals surface area contributed by atoms with Gasteiger partial charge in [-0.2, -0.15) is 0 Å². The number of nitrogens with zero attached hydrogens (tertiary/aromatic N) is 2. The second-order valence-electron chi connectivity index (χ2n) is 4.89. The van der Waals surface area contributed by atoms with E-state index in [0.29, 0.717) is 18.9 Å². The minimum atomic E-state index is -0.0744. The van der Waals surface area contributed by atoms with E-state index in [1.54, 1.807) is 0 Å². The van der Waals surface area contributed by atoms with Crippen molar-refractivity contribution in [3.05, 3.63) is 53.2 Å². The normalized spacial score (nSPS) is 13.3. The molecule has 1 aromatic carbocycles. The van der Waals surface area contributed by atoms with Gasteiger partial charge >= 0.3 is 0 Å². The standard InChI is InChI=1S/C15H20N4O2/c1-10-11(2)21-15(18-10)9-17-13(8-14(16)19-20)12-6-4-3-5-7-12/h3-7,13,17,20H,8-9H2,1-2H3,(H2,16,19). The molecule has 4 N–H and O–H groups in total. The molecule has 0 radical (unpaired) electrons. The van der Waals surface area contributed by atoms with Crippen LogP contribution in [-0.2, 0) is 6.54 Å². The van der Waals surface area contributed by atoms with Crippen molar-refractivity contribution in [3.8, 4) is 0 Å². The highest BCUT2D eigenvalue weighted by molar-refractivity contribution is 5.80. The zero-order valence-corrected chi connectivity index (χ0v) is 12.2. The van der Waals surface area contributed by atoms with Crippen LogP contribution in [0.2, 0.25) is 0 Å². The number of nitrogens with one attached hydrogen (secondary N) is 1. The van der Waals surface area contributed by atoms with Gasteiger partial charge in [0.15, 0.2) is 0 Å². The Labute approximate surface area is 123 Å². The van der Waals surface area contributed by atoms with Gasteiger partial charge in [-0.1, -0.05) is 35.5 Å². The molecule has 2 aromatic rings. The topological polar surface area (TPSA) is 96.7 Å². The highest BCUT2D eigenvalue weighted by atomic mass is 16.4. The molecule has 0 bridgehead atoms. The summed E-state index contributed by atoms with van der Waals surface area (Å²) in [5.41, 5.74) is 7.58. The summed E-state index contributed by atoms with van der Waals surface area (Å²) in [5.74, 6) is 1.63. The Balaban J connectivity index is 2.09. The van der Waals surface area contributed by atoms with Crippen LogP contribution in [0.4, 0.5) is 0 Å². The molecule has 0 fully saturated rings. The van der Waals surface area contributed by atoms with Crippen LogP contribution < -0.4 is 11.1 Å². The Morgan fingerprint density at radius 2 is 2.10 bits per heavy atom. The summed E-state index contributed by atoms with van der Waals surface area (Å²) < 4.78 is 5.55. The maximum Gasteiger partial charge on any atom is 0.208 e.